The molecule has 2 N–H and O–H groups in total. The van der Waals surface area contributed by atoms with Crippen molar-refractivity contribution < 1.29 is 23.2 Å². The van der Waals surface area contributed by atoms with E-state index < -0.39 is 25.7 Å². The molecular weight excluding hydrogens is 301 g/mol. The predicted octanol–water partition coefficient (Wildman–Crippen LogP) is 3.12. The van der Waals surface area contributed by atoms with Gasteiger partial charge >= 0.3 is 6.18 Å². The second-order valence-corrected chi connectivity index (χ2v) is 11.3. The quantitative estimate of drug-likeness (QED) is 0.388. The minimum atomic E-state index is -4.63. The highest BCUT2D eigenvalue weighted by Crippen LogP contribution is 2.32. The highest BCUT2D eigenvalue weighted by Gasteiger charge is 2.33. The third-order valence-electron chi connectivity index (χ3n) is 2.60. The zero-order valence-electron chi connectivity index (χ0n) is 12.0. The molecule has 0 atom stereocenters. The van der Waals surface area contributed by atoms with Crippen molar-refractivity contribution in [2.45, 2.75) is 25.8 Å². The molecule has 0 aromatic heterocycles. The van der Waals surface area contributed by atoms with E-state index in [0.29, 0.717) is 12.4 Å². The fraction of sp³-hybridized carbons (Fsp3) is 0.385. The van der Waals surface area contributed by atoms with Crippen LogP contribution in [0.15, 0.2) is 23.4 Å². The van der Waals surface area contributed by atoms with Gasteiger partial charge in [-0.2, -0.15) is 13.2 Å². The first-order valence-electron chi connectivity index (χ1n) is 6.21. The van der Waals surface area contributed by atoms with Gasteiger partial charge < -0.3 is 10.5 Å². The number of carbonyl (C=O) groups excluding carboxylic acids is 1. The van der Waals surface area contributed by atoms with Crippen LogP contribution in [0, 0.1) is 0 Å². The van der Waals surface area contributed by atoms with E-state index in [1.165, 1.54) is 6.07 Å². The van der Waals surface area contributed by atoms with Crippen LogP contribution in [0.1, 0.15) is 21.5 Å². The van der Waals surface area contributed by atoms with Crippen LogP contribution < -0.4 is 5.32 Å². The van der Waals surface area contributed by atoms with Gasteiger partial charge in [0.1, 0.15) is 0 Å². The number of benzene rings is 1. The molecule has 1 rings (SSSR count). The standard InChI is InChI=1S/C13H17F3N2O2Si/c1-21(2,3)8-17-12(19)9-4-5-10(7-18-20)11(6-9)13(14,15)16/h4-7,20H,8H2,1-3H3,(H,17,19)/b18-7-. The number of carbonyl (C=O) groups is 1. The van der Waals surface area contributed by atoms with Crippen LogP contribution in [0.3, 0.4) is 0 Å². The molecule has 1 aromatic rings. The van der Waals surface area contributed by atoms with Gasteiger partial charge in [0.15, 0.2) is 0 Å². The van der Waals surface area contributed by atoms with Gasteiger partial charge in [-0.1, -0.05) is 30.9 Å². The number of hydrogen-bond acceptors (Lipinski definition) is 3. The molecule has 116 valence electrons. The molecule has 4 nitrogen and oxygen atoms in total. The Labute approximate surface area is 121 Å². The lowest BCUT2D eigenvalue weighted by molar-refractivity contribution is -0.137. The number of nitrogens with one attached hydrogen (secondary N) is 1. The number of hydrogen-bond donors (Lipinski definition) is 2. The van der Waals surface area contributed by atoms with Crippen molar-refractivity contribution in [1.29, 1.82) is 0 Å². The van der Waals surface area contributed by atoms with E-state index >= 15 is 0 Å². The predicted molar refractivity (Wildman–Crippen MR) is 76.5 cm³/mol. The van der Waals surface area contributed by atoms with Crippen molar-refractivity contribution >= 4 is 20.2 Å². The van der Waals surface area contributed by atoms with Crippen LogP contribution in [0.5, 0.6) is 0 Å². The van der Waals surface area contributed by atoms with Crippen LogP contribution >= 0.6 is 0 Å². The van der Waals surface area contributed by atoms with E-state index in [1.807, 2.05) is 19.6 Å². The van der Waals surface area contributed by atoms with Crippen molar-refractivity contribution in [2.24, 2.45) is 5.16 Å². The summed E-state index contributed by atoms with van der Waals surface area (Å²) in [6.45, 7) is 6.11. The Morgan fingerprint density at radius 3 is 2.48 bits per heavy atom. The summed E-state index contributed by atoms with van der Waals surface area (Å²) in [6, 6.07) is 3.13. The normalized spacial score (nSPS) is 12.7. The zero-order chi connectivity index (χ0) is 16.3. The van der Waals surface area contributed by atoms with Crippen LogP contribution in [-0.4, -0.2) is 31.6 Å². The third-order valence-corrected chi connectivity index (χ3v) is 3.83. The van der Waals surface area contributed by atoms with Crippen molar-refractivity contribution in [3.05, 3.63) is 34.9 Å². The van der Waals surface area contributed by atoms with E-state index in [9.17, 15) is 18.0 Å². The average Bonchev–Trinajstić information content (AvgIpc) is 2.34. The summed E-state index contributed by atoms with van der Waals surface area (Å²) in [5, 5.41) is 13.6. The number of oxime groups is 1. The Bertz CT molecular complexity index is 551. The lowest BCUT2D eigenvalue weighted by Crippen LogP contribution is -2.39. The first-order chi connectivity index (χ1) is 9.54. The van der Waals surface area contributed by atoms with E-state index in [2.05, 4.69) is 10.5 Å². The van der Waals surface area contributed by atoms with Gasteiger partial charge in [0.2, 0.25) is 0 Å². The Morgan fingerprint density at radius 2 is 2.00 bits per heavy atom. The second kappa shape index (κ2) is 6.29. The lowest BCUT2D eigenvalue weighted by atomic mass is 10.0. The molecule has 0 saturated heterocycles. The molecule has 1 amide bonds. The lowest BCUT2D eigenvalue weighted by Gasteiger charge is -2.17. The molecule has 21 heavy (non-hydrogen) atoms. The number of halogens is 3. The molecule has 0 aliphatic heterocycles. The second-order valence-electron chi connectivity index (χ2n) is 5.79. The van der Waals surface area contributed by atoms with Gasteiger partial charge in [-0.05, 0) is 12.1 Å². The maximum atomic E-state index is 12.9. The molecule has 0 fully saturated rings. The third kappa shape index (κ3) is 5.22. The minimum absolute atomic E-state index is 0.0735. The monoisotopic (exact) mass is 318 g/mol. The Hall–Kier alpha value is -1.83. The van der Waals surface area contributed by atoms with Crippen molar-refractivity contribution in [3.8, 4) is 0 Å². The number of rotatable bonds is 4. The van der Waals surface area contributed by atoms with Crippen LogP contribution in [0.25, 0.3) is 0 Å². The van der Waals surface area contributed by atoms with Gasteiger partial charge in [0.05, 0.1) is 19.9 Å². The van der Waals surface area contributed by atoms with E-state index in [-0.39, 0.29) is 11.1 Å². The van der Waals surface area contributed by atoms with Gasteiger partial charge in [-0.15, -0.1) is 0 Å². The molecule has 1 aromatic carbocycles. The Balaban J connectivity index is 3.08. The first kappa shape index (κ1) is 17.2. The van der Waals surface area contributed by atoms with Crippen LogP contribution in [0.4, 0.5) is 13.2 Å². The summed E-state index contributed by atoms with van der Waals surface area (Å²) in [5.41, 5.74) is -1.39. The van der Waals surface area contributed by atoms with Crippen molar-refractivity contribution in [1.82, 2.24) is 5.32 Å². The minimum Gasteiger partial charge on any atom is -0.411 e. The summed E-state index contributed by atoms with van der Waals surface area (Å²) in [7, 11) is -1.54. The summed E-state index contributed by atoms with van der Waals surface area (Å²) in [5.74, 6) is -0.546. The number of nitrogens with zero attached hydrogens (tertiary/aromatic N) is 1. The first-order valence-corrected chi connectivity index (χ1v) is 9.92. The molecule has 0 unspecified atom stereocenters. The average molecular weight is 318 g/mol. The molecule has 0 saturated carbocycles. The van der Waals surface area contributed by atoms with E-state index in [0.717, 1.165) is 12.1 Å². The maximum Gasteiger partial charge on any atom is 0.417 e. The summed E-state index contributed by atoms with van der Waals surface area (Å²) < 4.78 is 38.8. The molecule has 0 heterocycles. The summed E-state index contributed by atoms with van der Waals surface area (Å²) >= 11 is 0. The Morgan fingerprint density at radius 1 is 1.38 bits per heavy atom. The number of amides is 1. The van der Waals surface area contributed by atoms with Crippen molar-refractivity contribution in [3.63, 3.8) is 0 Å². The molecule has 0 aliphatic rings. The molecule has 0 spiro atoms. The fourth-order valence-corrected chi connectivity index (χ4v) is 2.26. The molecular formula is C13H17F3N2O2Si. The van der Waals surface area contributed by atoms with Gasteiger partial charge in [-0.3, -0.25) is 4.79 Å². The fourth-order valence-electron chi connectivity index (χ4n) is 1.57. The van der Waals surface area contributed by atoms with E-state index in [1.54, 1.807) is 0 Å². The van der Waals surface area contributed by atoms with Gasteiger partial charge in [0, 0.05) is 17.3 Å². The SMILES string of the molecule is C[Si](C)(C)CNC(=O)c1ccc(/C=N\O)c(C(F)(F)F)c1. The largest absolute Gasteiger partial charge is 0.417 e. The van der Waals surface area contributed by atoms with Crippen molar-refractivity contribution in [2.75, 3.05) is 6.17 Å². The van der Waals surface area contributed by atoms with Crippen LogP contribution in [0.2, 0.25) is 19.6 Å². The molecule has 0 radical (unpaired) electrons. The highest BCUT2D eigenvalue weighted by atomic mass is 28.3. The smallest absolute Gasteiger partial charge is 0.411 e. The topological polar surface area (TPSA) is 61.7 Å². The summed E-state index contributed by atoms with van der Waals surface area (Å²) in [6.07, 6.45) is -3.47. The molecule has 0 bridgehead atoms. The zero-order valence-corrected chi connectivity index (χ0v) is 13.0. The Kier molecular flexibility index (Phi) is 5.16. The van der Waals surface area contributed by atoms with E-state index in [4.69, 9.17) is 5.21 Å². The highest BCUT2D eigenvalue weighted by molar-refractivity contribution is 6.76. The maximum absolute atomic E-state index is 12.9. The van der Waals surface area contributed by atoms with Crippen LogP contribution in [-0.2, 0) is 6.18 Å². The van der Waals surface area contributed by atoms with Gasteiger partial charge in [0.25, 0.3) is 5.91 Å². The summed E-state index contributed by atoms with van der Waals surface area (Å²) in [4.78, 5) is 11.9. The number of alkyl halides is 3. The molecule has 0 aliphatic carbocycles. The molecule has 8 heteroatoms. The van der Waals surface area contributed by atoms with Gasteiger partial charge in [-0.25, -0.2) is 0 Å².